The molecule has 4 nitrogen and oxygen atoms in total. The molecule has 0 saturated carbocycles. The quantitative estimate of drug-likeness (QED) is 0.702. The third kappa shape index (κ3) is 13.2. The van der Waals surface area contributed by atoms with Crippen LogP contribution in [0.5, 0.6) is 0 Å². The summed E-state index contributed by atoms with van der Waals surface area (Å²) in [5, 5.41) is 2.70. The number of amides is 1. The Morgan fingerprint density at radius 3 is 2.47 bits per heavy atom. The Hall–Kier alpha value is -0.770. The van der Waals surface area contributed by atoms with Gasteiger partial charge < -0.3 is 14.8 Å². The van der Waals surface area contributed by atoms with E-state index in [1.54, 1.807) is 0 Å². The zero-order valence-electron chi connectivity index (χ0n) is 11.8. The number of hydrogen-bond donors (Lipinski definition) is 1. The van der Waals surface area contributed by atoms with Crippen molar-refractivity contribution in [3.8, 4) is 0 Å². The molecule has 0 aromatic carbocycles. The van der Waals surface area contributed by atoms with Crippen LogP contribution in [0.2, 0.25) is 0 Å². The highest BCUT2D eigenvalue weighted by Gasteiger charge is 2.13. The molecule has 0 aromatic rings. The second-order valence-electron chi connectivity index (χ2n) is 5.89. The molecule has 0 saturated heterocycles. The summed E-state index contributed by atoms with van der Waals surface area (Å²) in [6.07, 6.45) is 0.473. The van der Waals surface area contributed by atoms with E-state index >= 15 is 0 Å². The zero-order chi connectivity index (χ0) is 13.3. The predicted molar refractivity (Wildman–Crippen MR) is 69.1 cm³/mol. The third-order valence-corrected chi connectivity index (χ3v) is 1.82. The molecular formula is C13H27NO3. The minimum absolute atomic E-state index is 0.0116. The number of carbonyl (C=O) groups is 1. The minimum Gasteiger partial charge on any atom is -0.449 e. The summed E-state index contributed by atoms with van der Waals surface area (Å²) in [5.74, 6) is 0.555. The molecule has 0 rings (SSSR count). The van der Waals surface area contributed by atoms with E-state index in [4.69, 9.17) is 9.47 Å². The number of carbonyl (C=O) groups excluding carboxylic acids is 1. The Balaban J connectivity index is 3.34. The first-order valence-electron chi connectivity index (χ1n) is 6.29. The van der Waals surface area contributed by atoms with E-state index in [0.717, 1.165) is 13.0 Å². The number of hydrogen-bond acceptors (Lipinski definition) is 3. The molecule has 0 unspecified atom stereocenters. The molecule has 0 atom stereocenters. The summed E-state index contributed by atoms with van der Waals surface area (Å²) in [5.41, 5.74) is 0.0116. The van der Waals surface area contributed by atoms with Gasteiger partial charge in [0, 0.05) is 19.8 Å². The molecule has 0 fully saturated rings. The predicted octanol–water partition coefficient (Wildman–Crippen LogP) is 2.82. The van der Waals surface area contributed by atoms with E-state index < -0.39 is 0 Å². The van der Waals surface area contributed by atoms with Gasteiger partial charge in [-0.1, -0.05) is 34.6 Å². The fourth-order valence-corrected chi connectivity index (χ4v) is 1.02. The fraction of sp³-hybridized carbons (Fsp3) is 0.923. The van der Waals surface area contributed by atoms with E-state index in [1.807, 2.05) is 20.8 Å². The average Bonchev–Trinajstić information content (AvgIpc) is 2.19. The van der Waals surface area contributed by atoms with Gasteiger partial charge in [-0.2, -0.15) is 0 Å². The maximum Gasteiger partial charge on any atom is 0.407 e. The summed E-state index contributed by atoms with van der Waals surface area (Å²) < 4.78 is 10.5. The van der Waals surface area contributed by atoms with E-state index in [1.165, 1.54) is 0 Å². The number of alkyl carbamates (subject to hydrolysis) is 1. The number of nitrogens with one attached hydrogen (secondary N) is 1. The van der Waals surface area contributed by atoms with Crippen LogP contribution in [-0.4, -0.2) is 32.5 Å². The summed E-state index contributed by atoms with van der Waals surface area (Å²) >= 11 is 0. The molecule has 102 valence electrons. The van der Waals surface area contributed by atoms with Gasteiger partial charge >= 0.3 is 6.09 Å². The highest BCUT2D eigenvalue weighted by atomic mass is 16.5. The van der Waals surface area contributed by atoms with Crippen molar-refractivity contribution in [2.75, 3.05) is 26.4 Å². The highest BCUT2D eigenvalue weighted by molar-refractivity contribution is 5.67. The Morgan fingerprint density at radius 1 is 1.29 bits per heavy atom. The van der Waals surface area contributed by atoms with Crippen LogP contribution in [0, 0.1) is 11.3 Å². The largest absolute Gasteiger partial charge is 0.449 e. The molecule has 0 aliphatic carbocycles. The van der Waals surface area contributed by atoms with Gasteiger partial charge in [-0.05, 0) is 17.8 Å². The van der Waals surface area contributed by atoms with Gasteiger partial charge in [-0.3, -0.25) is 0 Å². The van der Waals surface area contributed by atoms with Crippen molar-refractivity contribution in [1.82, 2.24) is 5.32 Å². The number of rotatable bonds is 7. The second kappa shape index (κ2) is 8.34. The van der Waals surface area contributed by atoms with Crippen LogP contribution in [0.1, 0.15) is 41.0 Å². The lowest BCUT2D eigenvalue weighted by Gasteiger charge is -2.17. The standard InChI is InChI=1S/C13H27NO3/c1-11(2)9-16-8-6-7-14-12(15)17-10-13(3,4)5/h11H,6-10H2,1-5H3,(H,14,15). The molecule has 1 amide bonds. The Kier molecular flexibility index (Phi) is 7.96. The summed E-state index contributed by atoms with van der Waals surface area (Å²) in [7, 11) is 0. The van der Waals surface area contributed by atoms with Gasteiger partial charge in [0.2, 0.25) is 0 Å². The van der Waals surface area contributed by atoms with Gasteiger partial charge in [-0.25, -0.2) is 4.79 Å². The number of ether oxygens (including phenoxy) is 2. The first-order chi connectivity index (χ1) is 7.81. The fourth-order valence-electron chi connectivity index (χ4n) is 1.02. The van der Waals surface area contributed by atoms with Crippen molar-refractivity contribution in [2.24, 2.45) is 11.3 Å². The van der Waals surface area contributed by atoms with Gasteiger partial charge in [0.15, 0.2) is 0 Å². The van der Waals surface area contributed by atoms with E-state index in [-0.39, 0.29) is 11.5 Å². The molecule has 0 aliphatic rings. The first kappa shape index (κ1) is 16.2. The molecule has 0 spiro atoms. The SMILES string of the molecule is CC(C)COCCCNC(=O)OCC(C)(C)C. The normalized spacial score (nSPS) is 11.6. The van der Waals surface area contributed by atoms with E-state index in [0.29, 0.717) is 25.7 Å². The van der Waals surface area contributed by atoms with Gasteiger partial charge in [0.1, 0.15) is 0 Å². The van der Waals surface area contributed by atoms with Gasteiger partial charge in [0.25, 0.3) is 0 Å². The van der Waals surface area contributed by atoms with Crippen molar-refractivity contribution < 1.29 is 14.3 Å². The van der Waals surface area contributed by atoms with Crippen LogP contribution in [0.3, 0.4) is 0 Å². The van der Waals surface area contributed by atoms with Crippen molar-refractivity contribution in [3.63, 3.8) is 0 Å². The maximum atomic E-state index is 11.3. The summed E-state index contributed by atoms with van der Waals surface area (Å²) in [4.78, 5) is 11.3. The van der Waals surface area contributed by atoms with E-state index in [9.17, 15) is 4.79 Å². The molecule has 17 heavy (non-hydrogen) atoms. The molecule has 0 bridgehead atoms. The average molecular weight is 245 g/mol. The van der Waals surface area contributed by atoms with Crippen molar-refractivity contribution in [3.05, 3.63) is 0 Å². The second-order valence-corrected chi connectivity index (χ2v) is 5.89. The molecule has 0 heterocycles. The highest BCUT2D eigenvalue weighted by Crippen LogP contribution is 2.12. The smallest absolute Gasteiger partial charge is 0.407 e. The van der Waals surface area contributed by atoms with Crippen molar-refractivity contribution >= 4 is 6.09 Å². The maximum absolute atomic E-state index is 11.3. The van der Waals surface area contributed by atoms with Crippen LogP contribution in [-0.2, 0) is 9.47 Å². The molecule has 0 aromatic heterocycles. The monoisotopic (exact) mass is 245 g/mol. The Labute approximate surface area is 105 Å². The van der Waals surface area contributed by atoms with Crippen LogP contribution in [0.4, 0.5) is 4.79 Å². The lowest BCUT2D eigenvalue weighted by Crippen LogP contribution is -2.29. The van der Waals surface area contributed by atoms with Crippen molar-refractivity contribution in [2.45, 2.75) is 41.0 Å². The molecule has 0 aliphatic heterocycles. The van der Waals surface area contributed by atoms with Gasteiger partial charge in [0.05, 0.1) is 6.61 Å². The molecular weight excluding hydrogens is 218 g/mol. The van der Waals surface area contributed by atoms with E-state index in [2.05, 4.69) is 19.2 Å². The van der Waals surface area contributed by atoms with Crippen LogP contribution < -0.4 is 5.32 Å². The zero-order valence-corrected chi connectivity index (χ0v) is 11.8. The van der Waals surface area contributed by atoms with Crippen LogP contribution in [0.15, 0.2) is 0 Å². The van der Waals surface area contributed by atoms with Crippen LogP contribution in [0.25, 0.3) is 0 Å². The third-order valence-electron chi connectivity index (χ3n) is 1.82. The lowest BCUT2D eigenvalue weighted by molar-refractivity contribution is 0.0981. The molecule has 0 radical (unpaired) electrons. The topological polar surface area (TPSA) is 47.6 Å². The van der Waals surface area contributed by atoms with Crippen LogP contribution >= 0.6 is 0 Å². The van der Waals surface area contributed by atoms with Crippen molar-refractivity contribution in [1.29, 1.82) is 0 Å². The Bertz CT molecular complexity index is 209. The summed E-state index contributed by atoms with van der Waals surface area (Å²) in [6, 6.07) is 0. The molecule has 4 heteroatoms. The lowest BCUT2D eigenvalue weighted by atomic mass is 9.99. The minimum atomic E-state index is -0.344. The Morgan fingerprint density at radius 2 is 1.94 bits per heavy atom. The van der Waals surface area contributed by atoms with Gasteiger partial charge in [-0.15, -0.1) is 0 Å². The first-order valence-corrected chi connectivity index (χ1v) is 6.29. The summed E-state index contributed by atoms with van der Waals surface area (Å²) in [6.45, 7) is 12.8. The molecule has 1 N–H and O–H groups in total.